The zero-order chi connectivity index (χ0) is 22.0. The van der Waals surface area contributed by atoms with Gasteiger partial charge in [0.05, 0.1) is 22.7 Å². The van der Waals surface area contributed by atoms with E-state index in [1.54, 1.807) is 11.3 Å². The van der Waals surface area contributed by atoms with Gasteiger partial charge in [-0.15, -0.1) is 11.3 Å². The van der Waals surface area contributed by atoms with Crippen LogP contribution in [0.15, 0.2) is 41.8 Å². The lowest BCUT2D eigenvalue weighted by Crippen LogP contribution is -2.59. The lowest BCUT2D eigenvalue weighted by Gasteiger charge is -2.38. The van der Waals surface area contributed by atoms with Gasteiger partial charge >= 0.3 is 0 Å². The van der Waals surface area contributed by atoms with Crippen LogP contribution in [0.25, 0.3) is 0 Å². The Hall–Kier alpha value is -2.22. The van der Waals surface area contributed by atoms with Crippen molar-refractivity contribution in [3.05, 3.63) is 52.2 Å². The van der Waals surface area contributed by atoms with Crippen LogP contribution in [0.4, 0.5) is 5.69 Å². The Morgan fingerprint density at radius 2 is 1.94 bits per heavy atom. The SMILES string of the molecule is CCN(CC)CCN1C(=O)[C@@H]2CN(Cc3cccs3)C[C@]2(C)NC(=O)c2ccccc21. The van der Waals surface area contributed by atoms with Crippen molar-refractivity contribution in [2.24, 2.45) is 5.92 Å². The maximum Gasteiger partial charge on any atom is 0.253 e. The predicted molar refractivity (Wildman–Crippen MR) is 126 cm³/mol. The second-order valence-corrected chi connectivity index (χ2v) is 9.74. The van der Waals surface area contributed by atoms with Crippen molar-refractivity contribution in [3.8, 4) is 0 Å². The number of nitrogens with one attached hydrogen (secondary N) is 1. The van der Waals surface area contributed by atoms with Gasteiger partial charge in [0.1, 0.15) is 0 Å². The molecule has 0 unspecified atom stereocenters. The lowest BCUT2D eigenvalue weighted by molar-refractivity contribution is -0.123. The quantitative estimate of drug-likeness (QED) is 0.719. The molecular formula is C24H32N4O2S. The summed E-state index contributed by atoms with van der Waals surface area (Å²) in [6, 6.07) is 11.7. The van der Waals surface area contributed by atoms with Gasteiger partial charge in [-0.1, -0.05) is 32.0 Å². The molecule has 4 rings (SSSR count). The molecule has 1 fully saturated rings. The van der Waals surface area contributed by atoms with Gasteiger partial charge in [-0.25, -0.2) is 0 Å². The maximum absolute atomic E-state index is 13.9. The van der Waals surface area contributed by atoms with Crippen molar-refractivity contribution < 1.29 is 9.59 Å². The van der Waals surface area contributed by atoms with Crippen LogP contribution in [0.5, 0.6) is 0 Å². The predicted octanol–water partition coefficient (Wildman–Crippen LogP) is 3.06. The molecule has 1 N–H and O–H groups in total. The van der Waals surface area contributed by atoms with Crippen LogP contribution in [0.3, 0.4) is 0 Å². The highest BCUT2D eigenvalue weighted by molar-refractivity contribution is 7.09. The third kappa shape index (κ3) is 4.40. The molecule has 0 radical (unpaired) electrons. The van der Waals surface area contributed by atoms with Crippen molar-refractivity contribution in [3.63, 3.8) is 0 Å². The van der Waals surface area contributed by atoms with E-state index < -0.39 is 5.54 Å². The Labute approximate surface area is 188 Å². The highest BCUT2D eigenvalue weighted by Crippen LogP contribution is 2.35. The lowest BCUT2D eigenvalue weighted by atomic mass is 9.86. The zero-order valence-corrected chi connectivity index (χ0v) is 19.5. The molecule has 2 atom stereocenters. The normalized spacial score (nSPS) is 24.0. The average Bonchev–Trinajstić information content (AvgIpc) is 3.38. The highest BCUT2D eigenvalue weighted by atomic mass is 32.1. The number of rotatable bonds is 7. The van der Waals surface area contributed by atoms with E-state index in [1.165, 1.54) is 4.88 Å². The molecule has 0 aliphatic carbocycles. The van der Waals surface area contributed by atoms with E-state index in [0.29, 0.717) is 25.2 Å². The minimum atomic E-state index is -0.591. The Morgan fingerprint density at radius 1 is 1.16 bits per heavy atom. The zero-order valence-electron chi connectivity index (χ0n) is 18.6. The number of hydrogen-bond acceptors (Lipinski definition) is 5. The summed E-state index contributed by atoms with van der Waals surface area (Å²) in [6.07, 6.45) is 0. The number of fused-ring (bicyclic) bond motifs is 2. The van der Waals surface area contributed by atoms with E-state index in [9.17, 15) is 9.59 Å². The summed E-state index contributed by atoms with van der Waals surface area (Å²) in [4.78, 5) is 34.9. The van der Waals surface area contributed by atoms with E-state index in [2.05, 4.69) is 46.5 Å². The number of thiophene rings is 1. The number of likely N-dealkylation sites (tertiary alicyclic amines) is 1. The topological polar surface area (TPSA) is 55.9 Å². The number of anilines is 1. The number of para-hydroxylation sites is 1. The van der Waals surface area contributed by atoms with Crippen molar-refractivity contribution in [2.75, 3.05) is 44.2 Å². The van der Waals surface area contributed by atoms with E-state index in [1.807, 2.05) is 36.1 Å². The molecule has 2 aliphatic heterocycles. The smallest absolute Gasteiger partial charge is 0.253 e. The number of carbonyl (C=O) groups excluding carboxylic acids is 2. The molecular weight excluding hydrogens is 408 g/mol. The van der Waals surface area contributed by atoms with Crippen LogP contribution in [-0.4, -0.2) is 66.4 Å². The van der Waals surface area contributed by atoms with Crippen LogP contribution in [0.1, 0.15) is 36.0 Å². The third-order valence-electron chi connectivity index (χ3n) is 6.66. The first-order valence-electron chi connectivity index (χ1n) is 11.1. The third-order valence-corrected chi connectivity index (χ3v) is 7.52. The fourth-order valence-electron chi connectivity index (χ4n) is 4.87. The molecule has 1 aromatic carbocycles. The van der Waals surface area contributed by atoms with Crippen molar-refractivity contribution in [2.45, 2.75) is 32.9 Å². The van der Waals surface area contributed by atoms with Crippen molar-refractivity contribution >= 4 is 28.8 Å². The standard InChI is InChI=1S/C24H32N4O2S/c1-4-26(5-2)12-13-28-21-11-7-6-10-19(21)22(29)25-24(3)17-27(16-20(24)23(28)30)15-18-9-8-14-31-18/h6-11,14,20H,4-5,12-13,15-17H2,1-3H3,(H,25,29)/t20-,24-/m0/s1. The maximum atomic E-state index is 13.9. The van der Waals surface area contributed by atoms with E-state index in [0.717, 1.165) is 31.9 Å². The van der Waals surface area contributed by atoms with Gasteiger partial charge in [-0.2, -0.15) is 0 Å². The summed E-state index contributed by atoms with van der Waals surface area (Å²) in [5.41, 5.74) is 0.703. The molecule has 1 saturated heterocycles. The molecule has 3 heterocycles. The van der Waals surface area contributed by atoms with Gasteiger partial charge < -0.3 is 15.1 Å². The summed E-state index contributed by atoms with van der Waals surface area (Å²) in [5.74, 6) is -0.265. The molecule has 0 saturated carbocycles. The molecule has 166 valence electrons. The summed E-state index contributed by atoms with van der Waals surface area (Å²) < 4.78 is 0. The van der Waals surface area contributed by atoms with Crippen molar-refractivity contribution in [1.29, 1.82) is 0 Å². The van der Waals surface area contributed by atoms with E-state index >= 15 is 0 Å². The molecule has 0 bridgehead atoms. The van der Waals surface area contributed by atoms with Gasteiger partial charge in [0.25, 0.3) is 5.91 Å². The molecule has 2 aromatic rings. The van der Waals surface area contributed by atoms with Gasteiger partial charge in [-0.05, 0) is 43.6 Å². The first-order valence-corrected chi connectivity index (χ1v) is 12.0. The fourth-order valence-corrected chi connectivity index (χ4v) is 5.61. The first-order chi connectivity index (χ1) is 14.9. The van der Waals surface area contributed by atoms with Crippen LogP contribution in [0.2, 0.25) is 0 Å². The molecule has 31 heavy (non-hydrogen) atoms. The van der Waals surface area contributed by atoms with Crippen LogP contribution in [0, 0.1) is 5.92 Å². The summed E-state index contributed by atoms with van der Waals surface area (Å²) in [6.45, 7) is 11.7. The van der Waals surface area contributed by atoms with Gasteiger partial charge in [0, 0.05) is 37.6 Å². The number of hydrogen-bond donors (Lipinski definition) is 1. The number of nitrogens with zero attached hydrogens (tertiary/aromatic N) is 3. The molecule has 2 amide bonds. The monoisotopic (exact) mass is 440 g/mol. The van der Waals surface area contributed by atoms with E-state index in [4.69, 9.17) is 0 Å². The summed E-state index contributed by atoms with van der Waals surface area (Å²) in [7, 11) is 0. The number of amides is 2. The number of carbonyl (C=O) groups is 2. The molecule has 2 aliphatic rings. The van der Waals surface area contributed by atoms with Crippen molar-refractivity contribution in [1.82, 2.24) is 15.1 Å². The molecule has 7 heteroatoms. The first kappa shape index (κ1) is 22.0. The van der Waals surface area contributed by atoms with E-state index in [-0.39, 0.29) is 17.7 Å². The second-order valence-electron chi connectivity index (χ2n) is 8.71. The second kappa shape index (κ2) is 9.10. The Kier molecular flexibility index (Phi) is 6.46. The largest absolute Gasteiger partial charge is 0.345 e. The van der Waals surface area contributed by atoms with Gasteiger partial charge in [-0.3, -0.25) is 14.5 Å². The summed E-state index contributed by atoms with van der Waals surface area (Å²) >= 11 is 1.73. The Morgan fingerprint density at radius 3 is 2.65 bits per heavy atom. The van der Waals surface area contributed by atoms with Crippen LogP contribution < -0.4 is 10.2 Å². The number of likely N-dealkylation sites (N-methyl/N-ethyl adjacent to an activating group) is 1. The Balaban J connectivity index is 1.66. The fraction of sp³-hybridized carbons (Fsp3) is 0.500. The average molecular weight is 441 g/mol. The van der Waals surface area contributed by atoms with Gasteiger partial charge in [0.2, 0.25) is 5.91 Å². The Bertz CT molecular complexity index is 927. The summed E-state index contributed by atoms with van der Waals surface area (Å²) in [5, 5.41) is 5.30. The van der Waals surface area contributed by atoms with Crippen LogP contribution >= 0.6 is 11.3 Å². The van der Waals surface area contributed by atoms with Crippen LogP contribution in [-0.2, 0) is 11.3 Å². The van der Waals surface area contributed by atoms with Gasteiger partial charge in [0.15, 0.2) is 0 Å². The number of benzene rings is 1. The molecule has 1 aromatic heterocycles. The minimum absolute atomic E-state index is 0.0959. The highest BCUT2D eigenvalue weighted by Gasteiger charge is 2.50. The minimum Gasteiger partial charge on any atom is -0.345 e. The molecule has 6 nitrogen and oxygen atoms in total. The molecule has 0 spiro atoms.